The van der Waals surface area contributed by atoms with Gasteiger partial charge in [0.05, 0.1) is 18.0 Å². The minimum atomic E-state index is 0.306. The largest absolute Gasteiger partial charge is 0.379 e. The van der Waals surface area contributed by atoms with Crippen molar-refractivity contribution in [3.05, 3.63) is 16.7 Å². The maximum absolute atomic E-state index is 5.96. The van der Waals surface area contributed by atoms with E-state index >= 15 is 0 Å². The van der Waals surface area contributed by atoms with Crippen molar-refractivity contribution in [2.45, 2.75) is 12.5 Å². The second kappa shape index (κ2) is 4.40. The minimum Gasteiger partial charge on any atom is -0.379 e. The number of ether oxygens (including phenoxy) is 1. The Morgan fingerprint density at radius 2 is 2.41 bits per heavy atom. The van der Waals surface area contributed by atoms with E-state index < -0.39 is 0 Å². The predicted octanol–water partition coefficient (Wildman–Crippen LogP) is 2.57. The van der Waals surface area contributed by atoms with E-state index in [1.807, 2.05) is 18.5 Å². The molecule has 17 heavy (non-hydrogen) atoms. The molecule has 4 nitrogen and oxygen atoms in total. The lowest BCUT2D eigenvalue weighted by Gasteiger charge is -2.24. The van der Waals surface area contributed by atoms with E-state index in [2.05, 4.69) is 14.9 Å². The van der Waals surface area contributed by atoms with Crippen molar-refractivity contribution in [3.63, 3.8) is 0 Å². The van der Waals surface area contributed by atoms with Crippen molar-refractivity contribution in [1.29, 1.82) is 0 Å². The summed E-state index contributed by atoms with van der Waals surface area (Å²) in [5.74, 6) is 0.900. The Labute approximate surface area is 108 Å². The Morgan fingerprint density at radius 3 is 3.18 bits per heavy atom. The van der Waals surface area contributed by atoms with Gasteiger partial charge in [-0.1, -0.05) is 0 Å². The summed E-state index contributed by atoms with van der Waals surface area (Å²) < 4.78 is 5.41. The topological polar surface area (TPSA) is 38.2 Å². The number of aromatic nitrogens is 2. The van der Waals surface area contributed by atoms with E-state index in [4.69, 9.17) is 16.3 Å². The van der Waals surface area contributed by atoms with Crippen molar-refractivity contribution >= 4 is 39.0 Å². The highest BCUT2D eigenvalue weighted by Crippen LogP contribution is 2.30. The molecule has 2 aromatic rings. The fourth-order valence-electron chi connectivity index (χ4n) is 2.08. The van der Waals surface area contributed by atoms with Gasteiger partial charge in [0.15, 0.2) is 0 Å². The molecule has 6 heteroatoms. The zero-order valence-electron chi connectivity index (χ0n) is 9.39. The first-order valence-electron chi connectivity index (χ1n) is 5.47. The van der Waals surface area contributed by atoms with Crippen LogP contribution >= 0.6 is 22.9 Å². The van der Waals surface area contributed by atoms with Crippen LogP contribution in [0.25, 0.3) is 10.2 Å². The number of fused-ring (bicyclic) bond motifs is 1. The van der Waals surface area contributed by atoms with Gasteiger partial charge < -0.3 is 9.64 Å². The van der Waals surface area contributed by atoms with E-state index in [9.17, 15) is 0 Å². The van der Waals surface area contributed by atoms with Gasteiger partial charge in [-0.25, -0.2) is 4.98 Å². The Kier molecular flexibility index (Phi) is 2.90. The molecule has 0 N–H and O–H groups in total. The smallest absolute Gasteiger partial charge is 0.225 e. The van der Waals surface area contributed by atoms with Crippen molar-refractivity contribution in [2.24, 2.45) is 0 Å². The number of likely N-dealkylation sites (N-methyl/N-ethyl adjacent to an activating group) is 1. The highest BCUT2D eigenvalue weighted by molar-refractivity contribution is 7.16. The molecule has 0 radical (unpaired) electrons. The first kappa shape index (κ1) is 11.2. The number of hydrogen-bond donors (Lipinski definition) is 0. The van der Waals surface area contributed by atoms with Crippen LogP contribution in [0.3, 0.4) is 0 Å². The molecule has 1 aliphatic rings. The van der Waals surface area contributed by atoms with Gasteiger partial charge in [-0.2, -0.15) is 4.98 Å². The van der Waals surface area contributed by atoms with E-state index in [-0.39, 0.29) is 0 Å². The Morgan fingerprint density at radius 1 is 1.53 bits per heavy atom. The van der Waals surface area contributed by atoms with Gasteiger partial charge in [0, 0.05) is 13.7 Å². The molecule has 1 atom stereocenters. The lowest BCUT2D eigenvalue weighted by Crippen LogP contribution is -2.32. The first-order chi connectivity index (χ1) is 8.25. The van der Waals surface area contributed by atoms with Gasteiger partial charge in [0.25, 0.3) is 0 Å². The van der Waals surface area contributed by atoms with Crippen LogP contribution in [-0.4, -0.2) is 36.3 Å². The molecule has 1 saturated heterocycles. The fraction of sp³-hybridized carbons (Fsp3) is 0.455. The highest BCUT2D eigenvalue weighted by Gasteiger charge is 2.23. The maximum atomic E-state index is 5.96. The summed E-state index contributed by atoms with van der Waals surface area (Å²) in [5, 5.41) is 3.38. The van der Waals surface area contributed by atoms with Crippen LogP contribution in [0.5, 0.6) is 0 Å². The van der Waals surface area contributed by atoms with Crippen LogP contribution in [0, 0.1) is 0 Å². The van der Waals surface area contributed by atoms with Gasteiger partial charge in [0.2, 0.25) is 5.28 Å². The Balaban J connectivity index is 2.05. The maximum Gasteiger partial charge on any atom is 0.225 e. The molecule has 3 heterocycles. The summed E-state index contributed by atoms with van der Waals surface area (Å²) in [6.07, 6.45) is 1.03. The molecule has 0 spiro atoms. The molecule has 0 amide bonds. The molecule has 3 rings (SSSR count). The second-order valence-electron chi connectivity index (χ2n) is 4.08. The third-order valence-electron chi connectivity index (χ3n) is 3.07. The molecule has 0 bridgehead atoms. The van der Waals surface area contributed by atoms with Crippen LogP contribution in [0.4, 0.5) is 5.82 Å². The average molecular weight is 270 g/mol. The van der Waals surface area contributed by atoms with E-state index in [0.717, 1.165) is 35.7 Å². The molecule has 1 fully saturated rings. The summed E-state index contributed by atoms with van der Waals surface area (Å²) in [5.41, 5.74) is 0. The quantitative estimate of drug-likeness (QED) is 0.786. The molecule has 0 aliphatic carbocycles. The molecule has 0 saturated carbocycles. The van der Waals surface area contributed by atoms with E-state index in [1.165, 1.54) is 0 Å². The van der Waals surface area contributed by atoms with Crippen LogP contribution in [0.2, 0.25) is 5.28 Å². The summed E-state index contributed by atoms with van der Waals surface area (Å²) in [4.78, 5) is 11.7. The number of rotatable bonds is 2. The summed E-state index contributed by atoms with van der Waals surface area (Å²) >= 11 is 7.54. The van der Waals surface area contributed by atoms with Crippen LogP contribution in [0.1, 0.15) is 6.42 Å². The number of halogens is 1. The Bertz CT molecular complexity index is 538. The van der Waals surface area contributed by atoms with Crippen LogP contribution < -0.4 is 4.90 Å². The monoisotopic (exact) mass is 269 g/mol. The standard InChI is InChI=1S/C11H12ClN3OS/c1-15(7-2-4-16-6-7)9-8-3-5-17-10(8)14-11(12)13-9/h3,5,7H,2,4,6H2,1H3. The molecular weight excluding hydrogens is 258 g/mol. The molecular formula is C11H12ClN3OS. The van der Waals surface area contributed by atoms with Gasteiger partial charge >= 0.3 is 0 Å². The van der Waals surface area contributed by atoms with E-state index in [1.54, 1.807) is 11.3 Å². The summed E-state index contributed by atoms with van der Waals surface area (Å²) in [7, 11) is 2.04. The van der Waals surface area contributed by atoms with Crippen LogP contribution in [-0.2, 0) is 4.74 Å². The summed E-state index contributed by atoms with van der Waals surface area (Å²) in [6, 6.07) is 2.42. The van der Waals surface area contributed by atoms with Crippen molar-refractivity contribution in [2.75, 3.05) is 25.2 Å². The van der Waals surface area contributed by atoms with Crippen molar-refractivity contribution in [3.8, 4) is 0 Å². The molecule has 90 valence electrons. The van der Waals surface area contributed by atoms with E-state index in [0.29, 0.717) is 11.3 Å². The predicted molar refractivity (Wildman–Crippen MR) is 70.1 cm³/mol. The fourth-order valence-corrected chi connectivity index (χ4v) is 3.06. The Hall–Kier alpha value is -0.910. The summed E-state index contributed by atoms with van der Waals surface area (Å²) in [6.45, 7) is 1.57. The SMILES string of the molecule is CN(c1nc(Cl)nc2sccc12)C1CCOC1. The van der Waals surface area contributed by atoms with Crippen molar-refractivity contribution in [1.82, 2.24) is 9.97 Å². The molecule has 1 aliphatic heterocycles. The van der Waals surface area contributed by atoms with Gasteiger partial charge in [-0.05, 0) is 29.5 Å². The number of anilines is 1. The highest BCUT2D eigenvalue weighted by atomic mass is 35.5. The van der Waals surface area contributed by atoms with Gasteiger partial charge in [0.1, 0.15) is 10.6 Å². The molecule has 1 unspecified atom stereocenters. The van der Waals surface area contributed by atoms with Crippen molar-refractivity contribution < 1.29 is 4.74 Å². The lowest BCUT2D eigenvalue weighted by molar-refractivity contribution is 0.193. The number of nitrogens with zero attached hydrogens (tertiary/aromatic N) is 3. The zero-order valence-corrected chi connectivity index (χ0v) is 11.0. The minimum absolute atomic E-state index is 0.306. The normalized spacial score (nSPS) is 20.0. The lowest BCUT2D eigenvalue weighted by atomic mass is 10.2. The average Bonchev–Trinajstić information content (AvgIpc) is 2.97. The second-order valence-corrected chi connectivity index (χ2v) is 5.32. The molecule has 2 aromatic heterocycles. The number of hydrogen-bond acceptors (Lipinski definition) is 5. The molecule has 0 aromatic carbocycles. The number of thiophene rings is 1. The van der Waals surface area contributed by atoms with Gasteiger partial charge in [-0.3, -0.25) is 0 Å². The van der Waals surface area contributed by atoms with Gasteiger partial charge in [-0.15, -0.1) is 11.3 Å². The zero-order chi connectivity index (χ0) is 11.8. The van der Waals surface area contributed by atoms with Crippen LogP contribution in [0.15, 0.2) is 11.4 Å². The third-order valence-corrected chi connectivity index (χ3v) is 4.04. The third kappa shape index (κ3) is 1.99. The first-order valence-corrected chi connectivity index (χ1v) is 6.73.